The molecule has 28 nitrogen and oxygen atoms in total. The van der Waals surface area contributed by atoms with E-state index >= 15 is 0 Å². The third-order valence-electron chi connectivity index (χ3n) is 11.0. The molecule has 1 saturated heterocycles. The van der Waals surface area contributed by atoms with Crippen molar-refractivity contribution in [2.75, 3.05) is 137 Å². The van der Waals surface area contributed by atoms with E-state index in [0.29, 0.717) is 147 Å². The number of pyridine rings is 1. The van der Waals surface area contributed by atoms with Crippen molar-refractivity contribution < 1.29 is 81.1 Å². The Kier molecular flexibility index (Phi) is 40.6. The van der Waals surface area contributed by atoms with Crippen LogP contribution >= 0.6 is 0 Å². The predicted octanol–water partition coefficient (Wildman–Crippen LogP) is -0.0680. The molecule has 0 saturated carbocycles. The van der Waals surface area contributed by atoms with E-state index in [1.807, 2.05) is 13.8 Å². The van der Waals surface area contributed by atoms with Gasteiger partial charge in [0, 0.05) is 110 Å². The number of ether oxygens (including phenoxy) is 7. The molecule has 1 fully saturated rings. The summed E-state index contributed by atoms with van der Waals surface area (Å²) < 4.78 is 38.6. The highest BCUT2D eigenvalue weighted by molar-refractivity contribution is 6.01. The molecule has 0 bridgehead atoms. The first-order chi connectivity index (χ1) is 38.8. The van der Waals surface area contributed by atoms with Crippen molar-refractivity contribution in [3.8, 4) is 0 Å². The summed E-state index contributed by atoms with van der Waals surface area (Å²) in [6.45, 7) is 10.00. The number of aromatic nitrogens is 1. The molecule has 2 heterocycles. The second-order valence-electron chi connectivity index (χ2n) is 18.1. The average Bonchev–Trinajstić information content (AvgIpc) is 3.76. The lowest BCUT2D eigenvalue weighted by Gasteiger charge is -2.19. The Morgan fingerprint density at radius 2 is 1.06 bits per heavy atom. The zero-order valence-electron chi connectivity index (χ0n) is 46.7. The van der Waals surface area contributed by atoms with Gasteiger partial charge in [-0.1, -0.05) is 0 Å². The molecule has 1 unspecified atom stereocenters. The Balaban J connectivity index is 1.59. The van der Waals surface area contributed by atoms with Gasteiger partial charge in [0.2, 0.25) is 29.5 Å². The van der Waals surface area contributed by atoms with Crippen LogP contribution in [-0.4, -0.2) is 207 Å². The zero-order valence-corrected chi connectivity index (χ0v) is 46.7. The lowest BCUT2D eigenvalue weighted by Crippen LogP contribution is -2.47. The number of hydrogen-bond acceptors (Lipinski definition) is 21. The maximum absolute atomic E-state index is 13.2. The Bertz CT molecular complexity index is 1980. The first-order valence-electron chi connectivity index (χ1n) is 27.5. The van der Waals surface area contributed by atoms with Crippen LogP contribution in [0.2, 0.25) is 0 Å². The van der Waals surface area contributed by atoms with Crippen LogP contribution in [0.15, 0.2) is 23.4 Å². The molecule has 80 heavy (non-hydrogen) atoms. The van der Waals surface area contributed by atoms with Gasteiger partial charge in [0.05, 0.1) is 78.1 Å². The number of hydroxylamine groups is 2. The summed E-state index contributed by atoms with van der Waals surface area (Å²) in [6.07, 6.45) is 5.32. The fourth-order valence-electron chi connectivity index (χ4n) is 6.72. The van der Waals surface area contributed by atoms with Gasteiger partial charge in [0.25, 0.3) is 17.7 Å². The largest absolute Gasteiger partial charge is 0.381 e. The van der Waals surface area contributed by atoms with E-state index in [-0.39, 0.29) is 121 Å². The fraction of sp³-hybridized carbons (Fsp3) is 0.712. The molecule has 8 amide bonds. The summed E-state index contributed by atoms with van der Waals surface area (Å²) >= 11 is 0. The van der Waals surface area contributed by atoms with Gasteiger partial charge in [-0.15, -0.1) is 5.06 Å². The molecule has 0 aromatic carbocycles. The average molecular weight is 1140 g/mol. The third kappa shape index (κ3) is 37.6. The van der Waals surface area contributed by atoms with Gasteiger partial charge >= 0.3 is 5.97 Å². The Hall–Kier alpha value is -6.27. The molecule has 2 rings (SSSR count). The minimum atomic E-state index is -0.849. The lowest BCUT2D eigenvalue weighted by atomic mass is 10.1. The molecule has 0 aliphatic carbocycles. The van der Waals surface area contributed by atoms with Crippen LogP contribution in [0.3, 0.4) is 0 Å². The van der Waals surface area contributed by atoms with E-state index in [1.54, 1.807) is 12.1 Å². The van der Waals surface area contributed by atoms with Gasteiger partial charge in [-0.25, -0.2) is 9.78 Å². The lowest BCUT2D eigenvalue weighted by molar-refractivity contribution is -0.198. The van der Waals surface area contributed by atoms with Gasteiger partial charge in [0.1, 0.15) is 11.9 Å². The minimum Gasteiger partial charge on any atom is -0.381 e. The van der Waals surface area contributed by atoms with Crippen LogP contribution in [0.4, 0.5) is 5.82 Å². The molecule has 1 atom stereocenters. The quantitative estimate of drug-likeness (QED) is 0.0183. The van der Waals surface area contributed by atoms with Crippen LogP contribution < -0.4 is 43.1 Å². The molecule has 1 aromatic rings. The summed E-state index contributed by atoms with van der Waals surface area (Å²) in [5.74, 6) is -3.02. The standard InChI is InChI=1S/C52H87N11O17/c1-40(2)61-62-43-12-11-41(39-59-43)51(71)58-24-32-78-36-35-77-31-23-56-46(66)14-13-45(65)54-20-4-3-9-42(52(72)57-22-7-26-76-34-38-79-37-33-75-25-6-21-55-44(64)10-5-19-53)60-47(67)17-29-73-27-8-28-74-30-18-50(70)80-63-48(68)15-16-49(63)69/h11-12,39,42H,3-10,13-38,53H2,1-2H3,(H,54,65)(H,55,64)(H,56,66)(H,57,72)(H,58,71)(H,59,62)(H,60,67). The highest BCUT2D eigenvalue weighted by Gasteiger charge is 2.32. The molecule has 0 radical (unpaired) electrons. The topological polar surface area (TPSA) is 366 Å². The Morgan fingerprint density at radius 1 is 0.550 bits per heavy atom. The first-order valence-corrected chi connectivity index (χ1v) is 27.5. The predicted molar refractivity (Wildman–Crippen MR) is 290 cm³/mol. The molecular formula is C52H87N11O17. The van der Waals surface area contributed by atoms with Gasteiger partial charge < -0.3 is 75.6 Å². The molecule has 9 N–H and O–H groups in total. The third-order valence-corrected chi connectivity index (χ3v) is 11.0. The van der Waals surface area contributed by atoms with Crippen molar-refractivity contribution >= 4 is 64.8 Å². The summed E-state index contributed by atoms with van der Waals surface area (Å²) in [4.78, 5) is 119. The number of carbonyl (C=O) groups is 9. The number of nitrogens with one attached hydrogen (secondary N) is 7. The summed E-state index contributed by atoms with van der Waals surface area (Å²) in [5, 5.41) is 21.2. The van der Waals surface area contributed by atoms with Crippen molar-refractivity contribution in [2.45, 2.75) is 110 Å². The van der Waals surface area contributed by atoms with E-state index in [1.165, 1.54) is 6.20 Å². The Morgan fingerprint density at radius 3 is 1.65 bits per heavy atom. The van der Waals surface area contributed by atoms with Crippen LogP contribution in [0, 0.1) is 0 Å². The van der Waals surface area contributed by atoms with Crippen molar-refractivity contribution in [1.82, 2.24) is 41.9 Å². The highest BCUT2D eigenvalue weighted by atomic mass is 16.7. The molecule has 0 spiro atoms. The molecule has 452 valence electrons. The molecule has 1 aliphatic heterocycles. The van der Waals surface area contributed by atoms with Crippen molar-refractivity contribution in [3.63, 3.8) is 0 Å². The van der Waals surface area contributed by atoms with E-state index in [2.05, 4.69) is 47.4 Å². The number of hydrazone groups is 1. The van der Waals surface area contributed by atoms with Crippen LogP contribution in [0.1, 0.15) is 114 Å². The number of carbonyl (C=O) groups excluding carboxylic acids is 9. The maximum Gasteiger partial charge on any atom is 0.335 e. The molecule has 1 aliphatic rings. The van der Waals surface area contributed by atoms with Crippen LogP contribution in [0.25, 0.3) is 0 Å². The number of amides is 8. The molecule has 1 aromatic heterocycles. The van der Waals surface area contributed by atoms with Gasteiger partial charge in [-0.3, -0.25) is 43.8 Å². The van der Waals surface area contributed by atoms with Crippen molar-refractivity contribution in [2.24, 2.45) is 10.8 Å². The zero-order chi connectivity index (χ0) is 58.3. The summed E-state index contributed by atoms with van der Waals surface area (Å²) in [6, 6.07) is 2.45. The normalized spacial score (nSPS) is 12.4. The number of nitrogens with two attached hydrogens (primary N) is 1. The van der Waals surface area contributed by atoms with Crippen LogP contribution in [-0.2, 0) is 76.4 Å². The fourth-order valence-corrected chi connectivity index (χ4v) is 6.72. The highest BCUT2D eigenvalue weighted by Crippen LogP contribution is 2.13. The number of hydrogen-bond donors (Lipinski definition) is 8. The smallest absolute Gasteiger partial charge is 0.335 e. The SMILES string of the molecule is CC(C)=NNc1ccc(C(=O)NCCOCCOCCNC(=O)CCC(=O)NCCCCC(NC(=O)CCOCCCOCCC(=O)ON2C(=O)CCC2=O)C(=O)NCCCOCCOCCOCCCNC(=O)CCCN)cn1. The van der Waals surface area contributed by atoms with Crippen molar-refractivity contribution in [1.29, 1.82) is 0 Å². The second-order valence-corrected chi connectivity index (χ2v) is 18.1. The monoisotopic (exact) mass is 1140 g/mol. The molecule has 28 heteroatoms. The van der Waals surface area contributed by atoms with Crippen LogP contribution in [0.5, 0.6) is 0 Å². The summed E-state index contributed by atoms with van der Waals surface area (Å²) in [7, 11) is 0. The Labute approximate surface area is 468 Å². The van der Waals surface area contributed by atoms with Gasteiger partial charge in [-0.05, 0) is 77.5 Å². The van der Waals surface area contributed by atoms with E-state index in [0.717, 1.165) is 5.71 Å². The second kappa shape index (κ2) is 46.5. The van der Waals surface area contributed by atoms with Crippen molar-refractivity contribution in [3.05, 3.63) is 23.9 Å². The minimum absolute atomic E-state index is 0.00541. The van der Waals surface area contributed by atoms with E-state index in [4.69, 9.17) is 43.7 Å². The number of unbranched alkanes of at least 4 members (excludes halogenated alkanes) is 1. The summed E-state index contributed by atoms with van der Waals surface area (Å²) in [5.41, 5.74) is 9.45. The number of anilines is 1. The number of imide groups is 1. The number of nitrogens with zero attached hydrogens (tertiary/aromatic N) is 3. The molecular weight excluding hydrogens is 1050 g/mol. The maximum atomic E-state index is 13.2. The van der Waals surface area contributed by atoms with Gasteiger partial charge in [0.15, 0.2) is 0 Å². The first kappa shape index (κ1) is 69.8. The number of rotatable bonds is 50. The van der Waals surface area contributed by atoms with E-state index < -0.39 is 29.7 Å². The van der Waals surface area contributed by atoms with E-state index in [9.17, 15) is 43.2 Å². The van der Waals surface area contributed by atoms with Gasteiger partial charge in [-0.2, -0.15) is 5.10 Å².